The number of carbonyl (C=O) groups is 1. The summed E-state index contributed by atoms with van der Waals surface area (Å²) < 4.78 is 5.07. The zero-order valence-corrected chi connectivity index (χ0v) is 11.1. The van der Waals surface area contributed by atoms with Gasteiger partial charge in [0.1, 0.15) is 5.76 Å². The van der Waals surface area contributed by atoms with Crippen LogP contribution in [0.25, 0.3) is 6.08 Å². The van der Waals surface area contributed by atoms with E-state index in [1.807, 2.05) is 13.8 Å². The van der Waals surface area contributed by atoms with Gasteiger partial charge < -0.3 is 14.8 Å². The molecule has 18 heavy (non-hydrogen) atoms. The highest BCUT2D eigenvalue weighted by Crippen LogP contribution is 2.18. The third-order valence-corrected chi connectivity index (χ3v) is 3.24. The normalized spacial score (nSPS) is 16.4. The third kappa shape index (κ3) is 4.37. The summed E-state index contributed by atoms with van der Waals surface area (Å²) in [6, 6.07) is 3.52. The molecule has 1 rings (SSSR count). The molecule has 4 nitrogen and oxygen atoms in total. The molecule has 0 saturated carbocycles. The summed E-state index contributed by atoms with van der Waals surface area (Å²) in [5.74, 6) is 0.515. The molecule has 100 valence electrons. The maximum atomic E-state index is 11.5. The second-order valence-electron chi connectivity index (χ2n) is 4.73. The molecular formula is C14H21NO3. The summed E-state index contributed by atoms with van der Waals surface area (Å²) in [6.07, 6.45) is 5.40. The minimum Gasteiger partial charge on any atom is -0.465 e. The van der Waals surface area contributed by atoms with Crippen LogP contribution in [0.3, 0.4) is 0 Å². The number of aliphatic hydroxyl groups is 1. The van der Waals surface area contributed by atoms with Crippen LogP contribution in [0.15, 0.2) is 28.9 Å². The van der Waals surface area contributed by atoms with Crippen LogP contribution < -0.4 is 5.32 Å². The number of hydrogen-bond acceptors (Lipinski definition) is 3. The molecule has 1 aromatic rings. The molecule has 1 amide bonds. The van der Waals surface area contributed by atoms with Gasteiger partial charge >= 0.3 is 0 Å². The first-order valence-electron chi connectivity index (χ1n) is 6.17. The summed E-state index contributed by atoms with van der Waals surface area (Å²) in [5, 5.41) is 12.8. The molecule has 0 aliphatic heterocycles. The fourth-order valence-electron chi connectivity index (χ4n) is 1.48. The zero-order chi connectivity index (χ0) is 13.6. The molecule has 0 bridgehead atoms. The second-order valence-corrected chi connectivity index (χ2v) is 4.73. The number of carbonyl (C=O) groups excluding carboxylic acids is 1. The summed E-state index contributed by atoms with van der Waals surface area (Å²) in [6.45, 7) is 5.95. The van der Waals surface area contributed by atoms with Gasteiger partial charge in [-0.3, -0.25) is 4.79 Å². The van der Waals surface area contributed by atoms with Gasteiger partial charge in [-0.15, -0.1) is 0 Å². The number of nitrogens with one attached hydrogen (secondary N) is 1. The van der Waals surface area contributed by atoms with E-state index in [1.54, 1.807) is 31.4 Å². The minimum absolute atomic E-state index is 0.131. The van der Waals surface area contributed by atoms with Gasteiger partial charge in [0.25, 0.3) is 0 Å². The highest BCUT2D eigenvalue weighted by molar-refractivity contribution is 5.91. The van der Waals surface area contributed by atoms with Gasteiger partial charge in [0.05, 0.1) is 11.9 Å². The van der Waals surface area contributed by atoms with Crippen LogP contribution in [0.5, 0.6) is 0 Å². The van der Waals surface area contributed by atoms with Crippen molar-refractivity contribution in [3.05, 3.63) is 30.2 Å². The quantitative estimate of drug-likeness (QED) is 0.762. The average Bonchev–Trinajstić information content (AvgIpc) is 2.86. The number of rotatable bonds is 6. The van der Waals surface area contributed by atoms with Crippen molar-refractivity contribution in [3.63, 3.8) is 0 Å². The standard InChI is InChI=1S/C14H21NO3/c1-4-11(2)14(3,17)10-15-13(16)8-7-12-6-5-9-18-12/h5-9,11,17H,4,10H2,1-3H3,(H,15,16). The largest absolute Gasteiger partial charge is 0.465 e. The van der Waals surface area contributed by atoms with Crippen LogP contribution in [0.4, 0.5) is 0 Å². The lowest BCUT2D eigenvalue weighted by atomic mass is 9.89. The third-order valence-electron chi connectivity index (χ3n) is 3.24. The first-order valence-corrected chi connectivity index (χ1v) is 6.17. The van der Waals surface area contributed by atoms with Crippen LogP contribution >= 0.6 is 0 Å². The van der Waals surface area contributed by atoms with Crippen LogP contribution in [-0.2, 0) is 4.79 Å². The van der Waals surface area contributed by atoms with E-state index in [4.69, 9.17) is 4.42 Å². The van der Waals surface area contributed by atoms with Crippen molar-refractivity contribution in [3.8, 4) is 0 Å². The molecule has 2 atom stereocenters. The first-order chi connectivity index (χ1) is 8.45. The molecule has 4 heteroatoms. The maximum absolute atomic E-state index is 11.5. The summed E-state index contributed by atoms with van der Waals surface area (Å²) in [5.41, 5.74) is -0.886. The smallest absolute Gasteiger partial charge is 0.244 e. The van der Waals surface area contributed by atoms with Gasteiger partial charge in [0.15, 0.2) is 0 Å². The lowest BCUT2D eigenvalue weighted by Crippen LogP contribution is -2.44. The van der Waals surface area contributed by atoms with E-state index in [2.05, 4.69) is 5.32 Å². The van der Waals surface area contributed by atoms with E-state index in [1.165, 1.54) is 6.08 Å². The van der Waals surface area contributed by atoms with Gasteiger partial charge in [0.2, 0.25) is 5.91 Å². The first kappa shape index (κ1) is 14.5. The van der Waals surface area contributed by atoms with Crippen LogP contribution in [0.2, 0.25) is 0 Å². The van der Waals surface area contributed by atoms with Gasteiger partial charge in [-0.05, 0) is 31.1 Å². The van der Waals surface area contributed by atoms with Crippen LogP contribution in [0, 0.1) is 5.92 Å². The van der Waals surface area contributed by atoms with Gasteiger partial charge in [-0.1, -0.05) is 20.3 Å². The Morgan fingerprint density at radius 1 is 1.67 bits per heavy atom. The fourth-order valence-corrected chi connectivity index (χ4v) is 1.48. The Kier molecular flexibility index (Phi) is 5.16. The van der Waals surface area contributed by atoms with Crippen molar-refractivity contribution in [2.45, 2.75) is 32.8 Å². The van der Waals surface area contributed by atoms with Crippen molar-refractivity contribution in [1.29, 1.82) is 0 Å². The molecular weight excluding hydrogens is 230 g/mol. The second kappa shape index (κ2) is 6.40. The number of furan rings is 1. The van der Waals surface area contributed by atoms with Crippen LogP contribution in [0.1, 0.15) is 33.0 Å². The van der Waals surface area contributed by atoms with Crippen molar-refractivity contribution < 1.29 is 14.3 Å². The van der Waals surface area contributed by atoms with Gasteiger partial charge in [0, 0.05) is 12.6 Å². The highest BCUT2D eigenvalue weighted by atomic mass is 16.3. The molecule has 0 radical (unpaired) electrons. The van der Waals surface area contributed by atoms with E-state index in [0.717, 1.165) is 6.42 Å². The Labute approximate surface area is 108 Å². The predicted molar refractivity (Wildman–Crippen MR) is 70.8 cm³/mol. The molecule has 0 spiro atoms. The number of hydrogen-bond donors (Lipinski definition) is 2. The molecule has 0 aliphatic carbocycles. The zero-order valence-electron chi connectivity index (χ0n) is 11.1. The predicted octanol–water partition coefficient (Wildman–Crippen LogP) is 2.21. The summed E-state index contributed by atoms with van der Waals surface area (Å²) in [4.78, 5) is 11.5. The molecule has 2 N–H and O–H groups in total. The van der Waals surface area contributed by atoms with Crippen molar-refractivity contribution in [2.24, 2.45) is 5.92 Å². The SMILES string of the molecule is CCC(C)C(C)(O)CNC(=O)C=Cc1ccco1. The molecule has 0 aromatic carbocycles. The highest BCUT2D eigenvalue weighted by Gasteiger charge is 2.26. The van der Waals surface area contributed by atoms with Crippen molar-refractivity contribution >= 4 is 12.0 Å². The van der Waals surface area contributed by atoms with E-state index < -0.39 is 5.60 Å². The Morgan fingerprint density at radius 3 is 2.94 bits per heavy atom. The van der Waals surface area contributed by atoms with E-state index >= 15 is 0 Å². The van der Waals surface area contributed by atoms with Gasteiger partial charge in [-0.25, -0.2) is 0 Å². The van der Waals surface area contributed by atoms with E-state index in [-0.39, 0.29) is 18.4 Å². The monoisotopic (exact) mass is 251 g/mol. The topological polar surface area (TPSA) is 62.5 Å². The van der Waals surface area contributed by atoms with Crippen molar-refractivity contribution in [2.75, 3.05) is 6.54 Å². The van der Waals surface area contributed by atoms with E-state index in [9.17, 15) is 9.90 Å². The van der Waals surface area contributed by atoms with Crippen LogP contribution in [-0.4, -0.2) is 23.2 Å². The Balaban J connectivity index is 2.42. The Bertz CT molecular complexity index is 393. The Morgan fingerprint density at radius 2 is 2.39 bits per heavy atom. The lowest BCUT2D eigenvalue weighted by molar-refractivity contribution is -0.118. The van der Waals surface area contributed by atoms with E-state index in [0.29, 0.717) is 5.76 Å². The summed E-state index contributed by atoms with van der Waals surface area (Å²) >= 11 is 0. The fraction of sp³-hybridized carbons (Fsp3) is 0.500. The van der Waals surface area contributed by atoms with Crippen molar-refractivity contribution in [1.82, 2.24) is 5.32 Å². The summed E-state index contributed by atoms with van der Waals surface area (Å²) in [7, 11) is 0. The molecule has 1 heterocycles. The Hall–Kier alpha value is -1.55. The van der Waals surface area contributed by atoms with Gasteiger partial charge in [-0.2, -0.15) is 0 Å². The lowest BCUT2D eigenvalue weighted by Gasteiger charge is -2.29. The molecule has 0 fully saturated rings. The molecule has 1 aromatic heterocycles. The number of amides is 1. The molecule has 2 unspecified atom stereocenters. The minimum atomic E-state index is -0.886. The average molecular weight is 251 g/mol. The maximum Gasteiger partial charge on any atom is 0.244 e. The molecule has 0 aliphatic rings. The molecule has 0 saturated heterocycles.